The molecule has 0 unspecified atom stereocenters. The molecular formula is C16H19FN6. The summed E-state index contributed by atoms with van der Waals surface area (Å²) in [7, 11) is 1.94. The minimum Gasteiger partial charge on any atom is -0.351 e. The van der Waals surface area contributed by atoms with E-state index in [1.807, 2.05) is 11.9 Å². The zero-order valence-electron chi connectivity index (χ0n) is 13.1. The predicted octanol–water partition coefficient (Wildman–Crippen LogP) is 1.61. The van der Waals surface area contributed by atoms with Crippen LogP contribution in [0.4, 0.5) is 16.2 Å². The van der Waals surface area contributed by atoms with Crippen LogP contribution in [-0.2, 0) is 12.8 Å². The molecule has 2 aromatic rings. The van der Waals surface area contributed by atoms with Crippen molar-refractivity contribution in [2.45, 2.75) is 31.7 Å². The maximum Gasteiger partial charge on any atom is 0.225 e. The number of halogens is 1. The van der Waals surface area contributed by atoms with Crippen LogP contribution >= 0.6 is 0 Å². The van der Waals surface area contributed by atoms with Gasteiger partial charge in [-0.3, -0.25) is 0 Å². The third kappa shape index (κ3) is 2.71. The van der Waals surface area contributed by atoms with E-state index in [0.717, 1.165) is 37.4 Å². The van der Waals surface area contributed by atoms with Crippen molar-refractivity contribution < 1.29 is 4.39 Å². The molecule has 2 aromatic heterocycles. The number of fused-ring (bicyclic) bond motifs is 1. The number of anilines is 2. The monoisotopic (exact) mass is 314 g/mol. The van der Waals surface area contributed by atoms with E-state index in [-0.39, 0.29) is 0 Å². The van der Waals surface area contributed by atoms with E-state index in [1.165, 1.54) is 30.8 Å². The zero-order valence-corrected chi connectivity index (χ0v) is 13.1. The average molecular weight is 314 g/mol. The van der Waals surface area contributed by atoms with Gasteiger partial charge < -0.3 is 9.80 Å². The van der Waals surface area contributed by atoms with Gasteiger partial charge in [0.25, 0.3) is 0 Å². The van der Waals surface area contributed by atoms with Gasteiger partial charge in [0, 0.05) is 20.1 Å². The van der Waals surface area contributed by atoms with Crippen molar-refractivity contribution in [2.75, 3.05) is 29.9 Å². The molecule has 1 saturated heterocycles. The summed E-state index contributed by atoms with van der Waals surface area (Å²) < 4.78 is 12.9. The number of hydrogen-bond donors (Lipinski definition) is 0. The highest BCUT2D eigenvalue weighted by atomic mass is 19.1. The fraction of sp³-hybridized carbons (Fsp3) is 0.500. The van der Waals surface area contributed by atoms with Crippen molar-refractivity contribution in [3.8, 4) is 0 Å². The van der Waals surface area contributed by atoms with Gasteiger partial charge in [-0.1, -0.05) is 0 Å². The standard InChI is InChI=1S/C16H19FN6/c1-22(16-18-7-12(17)8-19-16)13-9-23(10-13)15-6-11-4-2-3-5-14(11)20-21-15/h6-8,13H,2-5,9-10H2,1H3. The fourth-order valence-electron chi connectivity index (χ4n) is 3.17. The van der Waals surface area contributed by atoms with Crippen LogP contribution in [0, 0.1) is 5.82 Å². The number of aryl methyl sites for hydroxylation is 2. The molecular weight excluding hydrogens is 295 g/mol. The molecule has 0 radical (unpaired) electrons. The molecule has 0 saturated carbocycles. The van der Waals surface area contributed by atoms with Crippen molar-refractivity contribution in [1.29, 1.82) is 0 Å². The number of nitrogens with zero attached hydrogens (tertiary/aromatic N) is 6. The lowest BCUT2D eigenvalue weighted by Crippen LogP contribution is -2.59. The molecule has 0 bridgehead atoms. The lowest BCUT2D eigenvalue weighted by molar-refractivity contribution is 0.482. The van der Waals surface area contributed by atoms with Gasteiger partial charge in [0.2, 0.25) is 5.95 Å². The predicted molar refractivity (Wildman–Crippen MR) is 85.1 cm³/mol. The maximum absolute atomic E-state index is 12.9. The van der Waals surface area contributed by atoms with Gasteiger partial charge in [0.15, 0.2) is 11.6 Å². The number of likely N-dealkylation sites (N-methyl/N-ethyl adjacent to an activating group) is 1. The third-order valence-corrected chi connectivity index (χ3v) is 4.71. The van der Waals surface area contributed by atoms with Gasteiger partial charge in [-0.15, -0.1) is 5.10 Å². The number of hydrogen-bond acceptors (Lipinski definition) is 6. The normalized spacial score (nSPS) is 17.6. The van der Waals surface area contributed by atoms with Crippen molar-refractivity contribution in [1.82, 2.24) is 20.2 Å². The first-order valence-electron chi connectivity index (χ1n) is 8.01. The Labute approximate surface area is 134 Å². The van der Waals surface area contributed by atoms with Crippen LogP contribution in [-0.4, -0.2) is 46.3 Å². The first-order valence-corrected chi connectivity index (χ1v) is 8.01. The number of aromatic nitrogens is 4. The highest BCUT2D eigenvalue weighted by Crippen LogP contribution is 2.26. The summed E-state index contributed by atoms with van der Waals surface area (Å²) in [5.74, 6) is 1.09. The topological polar surface area (TPSA) is 58.0 Å². The van der Waals surface area contributed by atoms with Gasteiger partial charge in [-0.25, -0.2) is 14.4 Å². The van der Waals surface area contributed by atoms with Crippen molar-refractivity contribution in [3.63, 3.8) is 0 Å². The minimum absolute atomic E-state index is 0.304. The molecule has 1 aliphatic carbocycles. The second-order valence-corrected chi connectivity index (χ2v) is 6.25. The second-order valence-electron chi connectivity index (χ2n) is 6.25. The van der Waals surface area contributed by atoms with E-state index in [0.29, 0.717) is 12.0 Å². The van der Waals surface area contributed by atoms with Gasteiger partial charge >= 0.3 is 0 Å². The van der Waals surface area contributed by atoms with Crippen LogP contribution in [0.1, 0.15) is 24.1 Å². The van der Waals surface area contributed by atoms with E-state index < -0.39 is 5.82 Å². The first-order chi connectivity index (χ1) is 11.2. The minimum atomic E-state index is -0.415. The van der Waals surface area contributed by atoms with E-state index in [2.05, 4.69) is 31.1 Å². The summed E-state index contributed by atoms with van der Waals surface area (Å²) in [6, 6.07) is 2.49. The molecule has 1 aliphatic heterocycles. The van der Waals surface area contributed by atoms with Crippen LogP contribution in [0.15, 0.2) is 18.5 Å². The van der Waals surface area contributed by atoms with E-state index in [1.54, 1.807) is 0 Å². The summed E-state index contributed by atoms with van der Waals surface area (Å²) >= 11 is 0. The zero-order chi connectivity index (χ0) is 15.8. The fourth-order valence-corrected chi connectivity index (χ4v) is 3.17. The summed E-state index contributed by atoms with van der Waals surface area (Å²) in [6.07, 6.45) is 7.02. The Kier molecular flexibility index (Phi) is 3.55. The van der Waals surface area contributed by atoms with Crippen LogP contribution in [0.5, 0.6) is 0 Å². The van der Waals surface area contributed by atoms with Crippen LogP contribution in [0.2, 0.25) is 0 Å². The van der Waals surface area contributed by atoms with Crippen molar-refractivity contribution in [2.24, 2.45) is 0 Å². The lowest BCUT2D eigenvalue weighted by Gasteiger charge is -2.44. The van der Waals surface area contributed by atoms with Gasteiger partial charge in [0.05, 0.1) is 24.1 Å². The molecule has 3 heterocycles. The van der Waals surface area contributed by atoms with E-state index in [4.69, 9.17) is 0 Å². The Hall–Kier alpha value is -2.31. The third-order valence-electron chi connectivity index (χ3n) is 4.71. The molecule has 2 aliphatic rings. The molecule has 4 rings (SSSR count). The molecule has 7 heteroatoms. The second kappa shape index (κ2) is 5.72. The van der Waals surface area contributed by atoms with Crippen molar-refractivity contribution in [3.05, 3.63) is 35.5 Å². The molecule has 6 nitrogen and oxygen atoms in total. The van der Waals surface area contributed by atoms with Crippen LogP contribution in [0.3, 0.4) is 0 Å². The Morgan fingerprint density at radius 3 is 2.65 bits per heavy atom. The molecule has 0 amide bonds. The summed E-state index contributed by atoms with van der Waals surface area (Å²) in [5.41, 5.74) is 2.51. The molecule has 23 heavy (non-hydrogen) atoms. The lowest BCUT2D eigenvalue weighted by atomic mass is 9.96. The molecule has 0 atom stereocenters. The van der Waals surface area contributed by atoms with Gasteiger partial charge in [0.1, 0.15) is 0 Å². The molecule has 0 spiro atoms. The molecule has 0 aromatic carbocycles. The Morgan fingerprint density at radius 2 is 1.87 bits per heavy atom. The van der Waals surface area contributed by atoms with Crippen molar-refractivity contribution >= 4 is 11.8 Å². The highest BCUT2D eigenvalue weighted by molar-refractivity contribution is 5.47. The SMILES string of the molecule is CN(c1ncc(F)cn1)C1CN(c2cc3c(nn2)CCCC3)C1. The molecule has 0 N–H and O–H groups in total. The summed E-state index contributed by atoms with van der Waals surface area (Å²) in [6.45, 7) is 1.70. The van der Waals surface area contributed by atoms with Crippen LogP contribution < -0.4 is 9.80 Å². The molecule has 1 fully saturated rings. The maximum atomic E-state index is 12.9. The summed E-state index contributed by atoms with van der Waals surface area (Å²) in [5, 5.41) is 8.76. The first kappa shape index (κ1) is 14.3. The van der Waals surface area contributed by atoms with Gasteiger partial charge in [-0.05, 0) is 37.3 Å². The van der Waals surface area contributed by atoms with E-state index >= 15 is 0 Å². The Morgan fingerprint density at radius 1 is 1.13 bits per heavy atom. The number of rotatable bonds is 3. The quantitative estimate of drug-likeness (QED) is 0.858. The van der Waals surface area contributed by atoms with E-state index in [9.17, 15) is 4.39 Å². The Balaban J connectivity index is 1.42. The van der Waals surface area contributed by atoms with Gasteiger partial charge in [-0.2, -0.15) is 5.10 Å². The largest absolute Gasteiger partial charge is 0.351 e. The highest BCUT2D eigenvalue weighted by Gasteiger charge is 2.32. The molecule has 120 valence electrons. The van der Waals surface area contributed by atoms with Crippen LogP contribution in [0.25, 0.3) is 0 Å². The smallest absolute Gasteiger partial charge is 0.225 e. The Bertz CT molecular complexity index is 698. The summed E-state index contributed by atoms with van der Waals surface area (Å²) in [4.78, 5) is 12.3. The average Bonchev–Trinajstić information content (AvgIpc) is 2.54.